The third-order valence-electron chi connectivity index (χ3n) is 2.47. The smallest absolute Gasteiger partial charge is 0.339 e. The summed E-state index contributed by atoms with van der Waals surface area (Å²) < 4.78 is 5.86. The molecule has 0 aliphatic carbocycles. The SMILES string of the molecule is COC(=O)C(C)(O)Cn1c(C)c(C)sc1=O. The summed E-state index contributed by atoms with van der Waals surface area (Å²) in [5.74, 6) is -0.748. The van der Waals surface area contributed by atoms with Gasteiger partial charge in [0, 0.05) is 10.6 Å². The average molecular weight is 245 g/mol. The number of carbonyl (C=O) groups is 1. The highest BCUT2D eigenvalue weighted by molar-refractivity contribution is 7.09. The molecular weight excluding hydrogens is 230 g/mol. The van der Waals surface area contributed by atoms with Crippen molar-refractivity contribution in [3.8, 4) is 0 Å². The molecule has 0 saturated carbocycles. The molecule has 0 fully saturated rings. The van der Waals surface area contributed by atoms with Crippen molar-refractivity contribution in [1.82, 2.24) is 4.57 Å². The summed E-state index contributed by atoms with van der Waals surface area (Å²) in [7, 11) is 1.20. The van der Waals surface area contributed by atoms with Gasteiger partial charge in [0.15, 0.2) is 5.60 Å². The molecule has 0 aliphatic heterocycles. The van der Waals surface area contributed by atoms with Gasteiger partial charge in [0.2, 0.25) is 0 Å². The van der Waals surface area contributed by atoms with E-state index in [2.05, 4.69) is 4.74 Å². The Balaban J connectivity index is 3.05. The molecule has 0 radical (unpaired) electrons. The first-order valence-corrected chi connectivity index (χ1v) is 5.59. The number of ether oxygens (including phenoxy) is 1. The lowest BCUT2D eigenvalue weighted by molar-refractivity contribution is -0.161. The number of nitrogens with zero attached hydrogens (tertiary/aromatic N) is 1. The minimum atomic E-state index is -1.68. The topological polar surface area (TPSA) is 68.5 Å². The van der Waals surface area contributed by atoms with Gasteiger partial charge < -0.3 is 9.84 Å². The van der Waals surface area contributed by atoms with Gasteiger partial charge >= 0.3 is 10.8 Å². The van der Waals surface area contributed by atoms with E-state index in [1.54, 1.807) is 6.92 Å². The maximum atomic E-state index is 11.6. The first kappa shape index (κ1) is 12.9. The number of aryl methyl sites for hydroxylation is 1. The first-order valence-electron chi connectivity index (χ1n) is 4.77. The second kappa shape index (κ2) is 4.39. The molecule has 1 atom stereocenters. The fraction of sp³-hybridized carbons (Fsp3) is 0.600. The number of methoxy groups -OCH3 is 1. The van der Waals surface area contributed by atoms with Gasteiger partial charge in [0.05, 0.1) is 13.7 Å². The molecule has 16 heavy (non-hydrogen) atoms. The van der Waals surface area contributed by atoms with Gasteiger partial charge in [-0.25, -0.2) is 4.79 Å². The van der Waals surface area contributed by atoms with Crippen molar-refractivity contribution in [2.24, 2.45) is 0 Å². The van der Waals surface area contributed by atoms with Crippen LogP contribution in [0, 0.1) is 13.8 Å². The van der Waals surface area contributed by atoms with Crippen LogP contribution in [0.5, 0.6) is 0 Å². The Hall–Kier alpha value is -1.14. The van der Waals surface area contributed by atoms with Crippen LogP contribution < -0.4 is 4.87 Å². The third-order valence-corrected chi connectivity index (χ3v) is 3.46. The van der Waals surface area contributed by atoms with E-state index in [9.17, 15) is 14.7 Å². The summed E-state index contributed by atoms with van der Waals surface area (Å²) in [6.45, 7) is 4.84. The maximum absolute atomic E-state index is 11.6. The Bertz CT molecular complexity index is 458. The predicted octanol–water partition coefficient (Wildman–Crippen LogP) is 0.451. The molecule has 1 heterocycles. The molecule has 1 unspecified atom stereocenters. The summed E-state index contributed by atoms with van der Waals surface area (Å²) in [6.07, 6.45) is 0. The predicted molar refractivity (Wildman–Crippen MR) is 60.7 cm³/mol. The van der Waals surface area contributed by atoms with Gasteiger partial charge in [0.25, 0.3) is 0 Å². The van der Waals surface area contributed by atoms with Crippen molar-refractivity contribution in [2.75, 3.05) is 7.11 Å². The molecule has 5 nitrogen and oxygen atoms in total. The van der Waals surface area contributed by atoms with E-state index in [1.807, 2.05) is 6.92 Å². The van der Waals surface area contributed by atoms with E-state index < -0.39 is 11.6 Å². The van der Waals surface area contributed by atoms with E-state index in [0.717, 1.165) is 21.9 Å². The largest absolute Gasteiger partial charge is 0.467 e. The molecular formula is C10H15NO4S. The summed E-state index contributed by atoms with van der Waals surface area (Å²) in [5, 5.41) is 9.86. The van der Waals surface area contributed by atoms with Gasteiger partial charge in [-0.1, -0.05) is 11.3 Å². The summed E-state index contributed by atoms with van der Waals surface area (Å²) in [4.78, 5) is 23.5. The van der Waals surface area contributed by atoms with Crippen molar-refractivity contribution in [3.05, 3.63) is 20.2 Å². The van der Waals surface area contributed by atoms with Crippen molar-refractivity contribution in [2.45, 2.75) is 32.9 Å². The molecule has 1 aromatic heterocycles. The van der Waals surface area contributed by atoms with Crippen LogP contribution in [0.25, 0.3) is 0 Å². The Morgan fingerprint density at radius 2 is 2.12 bits per heavy atom. The Morgan fingerprint density at radius 3 is 2.50 bits per heavy atom. The Morgan fingerprint density at radius 1 is 1.56 bits per heavy atom. The van der Waals surface area contributed by atoms with Crippen LogP contribution >= 0.6 is 11.3 Å². The van der Waals surface area contributed by atoms with Crippen LogP contribution in [0.1, 0.15) is 17.5 Å². The van der Waals surface area contributed by atoms with Crippen molar-refractivity contribution in [1.29, 1.82) is 0 Å². The normalized spacial score (nSPS) is 14.6. The van der Waals surface area contributed by atoms with Gasteiger partial charge in [-0.3, -0.25) is 9.36 Å². The zero-order chi connectivity index (χ0) is 12.5. The molecule has 1 N–H and O–H groups in total. The molecule has 0 aromatic carbocycles. The van der Waals surface area contributed by atoms with Gasteiger partial charge in [-0.05, 0) is 20.8 Å². The van der Waals surface area contributed by atoms with E-state index >= 15 is 0 Å². The van der Waals surface area contributed by atoms with Crippen molar-refractivity contribution < 1.29 is 14.6 Å². The number of esters is 1. The molecule has 1 aromatic rings. The third kappa shape index (κ3) is 2.33. The van der Waals surface area contributed by atoms with Crippen LogP contribution in [0.3, 0.4) is 0 Å². The van der Waals surface area contributed by atoms with Crippen LogP contribution in [0.2, 0.25) is 0 Å². The zero-order valence-electron chi connectivity index (χ0n) is 9.73. The second-order valence-electron chi connectivity index (χ2n) is 3.86. The minimum Gasteiger partial charge on any atom is -0.467 e. The molecule has 6 heteroatoms. The molecule has 0 amide bonds. The molecule has 1 rings (SSSR count). The zero-order valence-corrected chi connectivity index (χ0v) is 10.6. The quantitative estimate of drug-likeness (QED) is 0.785. The van der Waals surface area contributed by atoms with Gasteiger partial charge in [-0.2, -0.15) is 0 Å². The number of hydrogen-bond donors (Lipinski definition) is 1. The number of carbonyl (C=O) groups excluding carboxylic acids is 1. The molecule has 0 spiro atoms. The number of rotatable bonds is 3. The Labute approximate surface area is 97.3 Å². The van der Waals surface area contributed by atoms with Crippen molar-refractivity contribution >= 4 is 17.3 Å². The van der Waals surface area contributed by atoms with E-state index in [0.29, 0.717) is 0 Å². The number of aliphatic hydroxyl groups is 1. The van der Waals surface area contributed by atoms with Gasteiger partial charge in [-0.15, -0.1) is 0 Å². The minimum absolute atomic E-state index is 0.0886. The number of thiazole rings is 1. The summed E-state index contributed by atoms with van der Waals surface area (Å²) in [5.41, 5.74) is -0.921. The van der Waals surface area contributed by atoms with Crippen molar-refractivity contribution in [3.63, 3.8) is 0 Å². The lowest BCUT2D eigenvalue weighted by Gasteiger charge is -2.20. The second-order valence-corrected chi connectivity index (χ2v) is 5.03. The Kier molecular flexibility index (Phi) is 3.54. The van der Waals surface area contributed by atoms with E-state index in [-0.39, 0.29) is 11.4 Å². The molecule has 90 valence electrons. The average Bonchev–Trinajstić information content (AvgIpc) is 2.43. The fourth-order valence-corrected chi connectivity index (χ4v) is 2.19. The highest BCUT2D eigenvalue weighted by Crippen LogP contribution is 2.14. The summed E-state index contributed by atoms with van der Waals surface area (Å²) >= 11 is 1.10. The molecule has 0 bridgehead atoms. The lowest BCUT2D eigenvalue weighted by Crippen LogP contribution is -2.42. The highest BCUT2D eigenvalue weighted by atomic mass is 32.1. The van der Waals surface area contributed by atoms with Crippen LogP contribution in [-0.2, 0) is 16.1 Å². The number of hydrogen-bond acceptors (Lipinski definition) is 5. The first-order chi connectivity index (χ1) is 7.29. The van der Waals surface area contributed by atoms with Crippen LogP contribution in [-0.4, -0.2) is 28.4 Å². The molecule has 0 saturated heterocycles. The highest BCUT2D eigenvalue weighted by Gasteiger charge is 2.33. The molecule has 0 aliphatic rings. The van der Waals surface area contributed by atoms with E-state index in [1.165, 1.54) is 18.6 Å². The lowest BCUT2D eigenvalue weighted by atomic mass is 10.1. The fourth-order valence-electron chi connectivity index (χ4n) is 1.36. The van der Waals surface area contributed by atoms with Gasteiger partial charge in [0.1, 0.15) is 0 Å². The monoisotopic (exact) mass is 245 g/mol. The maximum Gasteiger partial charge on any atom is 0.339 e. The van der Waals surface area contributed by atoms with Crippen LogP contribution in [0.15, 0.2) is 4.79 Å². The van der Waals surface area contributed by atoms with E-state index in [4.69, 9.17) is 0 Å². The number of aromatic nitrogens is 1. The van der Waals surface area contributed by atoms with Crippen LogP contribution in [0.4, 0.5) is 0 Å². The summed E-state index contributed by atoms with van der Waals surface area (Å²) in [6, 6.07) is 0. The standard InChI is InChI=1S/C10H15NO4S/c1-6-7(2)16-9(13)11(6)5-10(3,14)8(12)15-4/h14H,5H2,1-4H3.